The summed E-state index contributed by atoms with van der Waals surface area (Å²) in [5, 5.41) is 10.9. The van der Waals surface area contributed by atoms with E-state index in [-0.39, 0.29) is 18.0 Å². The van der Waals surface area contributed by atoms with Crippen LogP contribution in [0.1, 0.15) is 32.2 Å². The number of carbonyl (C=O) groups is 1. The first kappa shape index (κ1) is 10.1. The normalized spacial score (nSPS) is 25.5. The van der Waals surface area contributed by atoms with E-state index < -0.39 is 0 Å². The molecule has 0 aliphatic heterocycles. The predicted molar refractivity (Wildman–Crippen MR) is 55.2 cm³/mol. The Balaban J connectivity index is 2.03. The van der Waals surface area contributed by atoms with Gasteiger partial charge < -0.3 is 11.1 Å². The molecule has 1 saturated carbocycles. The monoisotopic (exact) mass is 209 g/mol. The molecule has 0 saturated heterocycles. The highest BCUT2D eigenvalue weighted by molar-refractivity contribution is 5.87. The van der Waals surface area contributed by atoms with Gasteiger partial charge in [0.05, 0.1) is 12.2 Å². The van der Waals surface area contributed by atoms with Gasteiger partial charge in [-0.15, -0.1) is 5.10 Å². The van der Waals surface area contributed by atoms with Gasteiger partial charge in [0.1, 0.15) is 0 Å². The second-order valence-electron chi connectivity index (χ2n) is 3.96. The third-order valence-electron chi connectivity index (χ3n) is 2.58. The van der Waals surface area contributed by atoms with Gasteiger partial charge in [-0.1, -0.05) is 0 Å². The summed E-state index contributed by atoms with van der Waals surface area (Å²) in [5.41, 5.74) is 5.81. The van der Waals surface area contributed by atoms with Crippen molar-refractivity contribution in [1.29, 1.82) is 0 Å². The number of nitrogens with one attached hydrogen (secondary N) is 1. The summed E-state index contributed by atoms with van der Waals surface area (Å²) in [6, 6.07) is 0.535. The van der Waals surface area contributed by atoms with E-state index >= 15 is 0 Å². The third-order valence-corrected chi connectivity index (χ3v) is 2.58. The molecule has 3 N–H and O–H groups in total. The van der Waals surface area contributed by atoms with E-state index in [9.17, 15) is 4.79 Å². The van der Waals surface area contributed by atoms with Gasteiger partial charge in [-0.05, 0) is 19.3 Å². The van der Waals surface area contributed by atoms with Crippen molar-refractivity contribution in [3.63, 3.8) is 0 Å². The molecule has 15 heavy (non-hydrogen) atoms. The van der Waals surface area contributed by atoms with Crippen LogP contribution >= 0.6 is 0 Å². The largest absolute Gasteiger partial charge is 0.328 e. The maximum absolute atomic E-state index is 10.8. The summed E-state index contributed by atoms with van der Waals surface area (Å²) >= 11 is 0. The van der Waals surface area contributed by atoms with Crippen molar-refractivity contribution in [2.75, 3.05) is 5.32 Å². The SMILES string of the molecule is CC(=O)Nc1cnn(C2CCC(N)C2)n1. The lowest BCUT2D eigenvalue weighted by atomic mass is 10.2. The first-order valence-electron chi connectivity index (χ1n) is 5.10. The van der Waals surface area contributed by atoms with Crippen molar-refractivity contribution in [2.24, 2.45) is 5.73 Å². The number of hydrogen-bond donors (Lipinski definition) is 2. The maximum atomic E-state index is 10.8. The second kappa shape index (κ2) is 3.98. The Labute approximate surface area is 87.8 Å². The van der Waals surface area contributed by atoms with Crippen molar-refractivity contribution in [2.45, 2.75) is 38.3 Å². The van der Waals surface area contributed by atoms with Crippen molar-refractivity contribution < 1.29 is 4.79 Å². The van der Waals surface area contributed by atoms with Gasteiger partial charge in [-0.2, -0.15) is 9.90 Å². The smallest absolute Gasteiger partial charge is 0.222 e. The highest BCUT2D eigenvalue weighted by Gasteiger charge is 2.24. The minimum Gasteiger partial charge on any atom is -0.328 e. The molecule has 1 heterocycles. The van der Waals surface area contributed by atoms with E-state index in [0.717, 1.165) is 19.3 Å². The molecule has 0 spiro atoms. The number of aromatic nitrogens is 3. The summed E-state index contributed by atoms with van der Waals surface area (Å²) < 4.78 is 0. The molecule has 6 nitrogen and oxygen atoms in total. The van der Waals surface area contributed by atoms with Crippen LogP contribution in [0.3, 0.4) is 0 Å². The minimum absolute atomic E-state index is 0.134. The average Bonchev–Trinajstić information content (AvgIpc) is 2.72. The Morgan fingerprint density at radius 2 is 2.47 bits per heavy atom. The molecule has 6 heteroatoms. The zero-order chi connectivity index (χ0) is 10.8. The van der Waals surface area contributed by atoms with Gasteiger partial charge in [0.25, 0.3) is 0 Å². The Morgan fingerprint density at radius 1 is 1.67 bits per heavy atom. The number of amides is 1. The molecule has 82 valence electrons. The average molecular weight is 209 g/mol. The molecule has 0 bridgehead atoms. The number of hydrogen-bond acceptors (Lipinski definition) is 4. The van der Waals surface area contributed by atoms with Crippen molar-refractivity contribution >= 4 is 11.7 Å². The van der Waals surface area contributed by atoms with Crippen LogP contribution in [0.15, 0.2) is 6.20 Å². The van der Waals surface area contributed by atoms with Crippen LogP contribution in [0.4, 0.5) is 5.82 Å². The molecule has 1 fully saturated rings. The Morgan fingerprint density at radius 3 is 3.07 bits per heavy atom. The van der Waals surface area contributed by atoms with E-state index in [1.807, 2.05) is 0 Å². The Hall–Kier alpha value is -1.43. The van der Waals surface area contributed by atoms with Crippen LogP contribution in [0.2, 0.25) is 0 Å². The summed E-state index contributed by atoms with van der Waals surface area (Å²) in [6.07, 6.45) is 4.50. The molecule has 1 aromatic rings. The fourth-order valence-electron chi connectivity index (χ4n) is 1.89. The molecule has 1 aromatic heterocycles. The molecule has 0 radical (unpaired) electrons. The number of nitrogens with two attached hydrogens (primary N) is 1. The molecular weight excluding hydrogens is 194 g/mol. The molecule has 0 aromatic carbocycles. The first-order valence-corrected chi connectivity index (χ1v) is 5.10. The molecule has 1 aliphatic carbocycles. The fourth-order valence-corrected chi connectivity index (χ4v) is 1.89. The lowest BCUT2D eigenvalue weighted by Gasteiger charge is -2.07. The zero-order valence-corrected chi connectivity index (χ0v) is 8.68. The molecule has 2 atom stereocenters. The van der Waals surface area contributed by atoms with Crippen molar-refractivity contribution in [1.82, 2.24) is 15.0 Å². The van der Waals surface area contributed by atoms with Gasteiger partial charge >= 0.3 is 0 Å². The maximum Gasteiger partial charge on any atom is 0.222 e. The number of rotatable bonds is 2. The lowest BCUT2D eigenvalue weighted by molar-refractivity contribution is -0.114. The summed E-state index contributed by atoms with van der Waals surface area (Å²) in [4.78, 5) is 12.4. The molecule has 1 aliphatic rings. The van der Waals surface area contributed by atoms with E-state index in [1.54, 1.807) is 11.0 Å². The van der Waals surface area contributed by atoms with Gasteiger partial charge in [0.15, 0.2) is 5.82 Å². The number of nitrogens with zero attached hydrogens (tertiary/aromatic N) is 3. The van der Waals surface area contributed by atoms with E-state index in [2.05, 4.69) is 15.5 Å². The van der Waals surface area contributed by atoms with Crippen LogP contribution in [0, 0.1) is 0 Å². The molecule has 2 rings (SSSR count). The molecular formula is C9H15N5O. The number of carbonyl (C=O) groups excluding carboxylic acids is 1. The standard InChI is InChI=1S/C9H15N5O/c1-6(15)12-9-5-11-14(13-9)8-3-2-7(10)4-8/h5,7-8H,2-4,10H2,1H3,(H,12,13,15). The van der Waals surface area contributed by atoms with E-state index in [0.29, 0.717) is 5.82 Å². The summed E-state index contributed by atoms with van der Waals surface area (Å²) in [6.45, 7) is 1.45. The fraction of sp³-hybridized carbons (Fsp3) is 0.667. The zero-order valence-electron chi connectivity index (χ0n) is 8.68. The molecule has 1 amide bonds. The van der Waals surface area contributed by atoms with Crippen LogP contribution in [0.25, 0.3) is 0 Å². The van der Waals surface area contributed by atoms with Gasteiger partial charge in [0.2, 0.25) is 5.91 Å². The highest BCUT2D eigenvalue weighted by Crippen LogP contribution is 2.27. The summed E-state index contributed by atoms with van der Waals surface area (Å²) in [7, 11) is 0. The third kappa shape index (κ3) is 2.33. The van der Waals surface area contributed by atoms with Crippen molar-refractivity contribution in [3.05, 3.63) is 6.20 Å². The Kier molecular flexibility index (Phi) is 2.68. The highest BCUT2D eigenvalue weighted by atomic mass is 16.1. The van der Waals surface area contributed by atoms with Gasteiger partial charge in [-0.25, -0.2) is 0 Å². The van der Waals surface area contributed by atoms with E-state index in [1.165, 1.54) is 6.92 Å². The Bertz CT molecular complexity index is 361. The van der Waals surface area contributed by atoms with Crippen molar-refractivity contribution in [3.8, 4) is 0 Å². The minimum atomic E-state index is -0.134. The summed E-state index contributed by atoms with van der Waals surface area (Å²) in [5.74, 6) is 0.369. The molecule has 2 unspecified atom stereocenters. The van der Waals surface area contributed by atoms with Crippen LogP contribution in [-0.4, -0.2) is 26.9 Å². The van der Waals surface area contributed by atoms with E-state index in [4.69, 9.17) is 5.73 Å². The number of anilines is 1. The van der Waals surface area contributed by atoms with Crippen LogP contribution in [-0.2, 0) is 4.79 Å². The second-order valence-corrected chi connectivity index (χ2v) is 3.96. The quantitative estimate of drug-likeness (QED) is 0.733. The van der Waals surface area contributed by atoms with Crippen LogP contribution in [0.5, 0.6) is 0 Å². The lowest BCUT2D eigenvalue weighted by Crippen LogP contribution is -2.17. The van der Waals surface area contributed by atoms with Crippen LogP contribution < -0.4 is 11.1 Å². The predicted octanol–water partition coefficient (Wildman–Crippen LogP) is 0.289. The van der Waals surface area contributed by atoms with Gasteiger partial charge in [0, 0.05) is 13.0 Å². The van der Waals surface area contributed by atoms with Gasteiger partial charge in [-0.3, -0.25) is 4.79 Å². The first-order chi connectivity index (χ1) is 7.15. The topological polar surface area (TPSA) is 85.8 Å².